The van der Waals surface area contributed by atoms with Gasteiger partial charge in [-0.3, -0.25) is 0 Å². The van der Waals surface area contributed by atoms with Crippen LogP contribution in [0.1, 0.15) is 42.6 Å². The molecule has 1 aromatic carbocycles. The number of hydrogen-bond acceptors (Lipinski definition) is 7. The molecule has 2 aromatic heterocycles. The third kappa shape index (κ3) is 5.78. The van der Waals surface area contributed by atoms with Crippen LogP contribution in [-0.2, 0) is 29.7 Å². The lowest BCUT2D eigenvalue weighted by Gasteiger charge is -2.32. The van der Waals surface area contributed by atoms with Crippen LogP contribution in [0.3, 0.4) is 0 Å². The zero-order valence-corrected chi connectivity index (χ0v) is 20.1. The average Bonchev–Trinajstić information content (AvgIpc) is 3.23. The minimum absolute atomic E-state index is 0.0123. The Kier molecular flexibility index (Phi) is 7.47. The number of benzene rings is 1. The van der Waals surface area contributed by atoms with Crippen molar-refractivity contribution in [3.8, 4) is 17.1 Å². The van der Waals surface area contributed by atoms with Crippen LogP contribution < -0.4 is 10.1 Å². The highest BCUT2D eigenvalue weighted by Crippen LogP contribution is 2.35. The molecule has 1 aliphatic rings. The van der Waals surface area contributed by atoms with Crippen molar-refractivity contribution in [3.63, 3.8) is 0 Å². The van der Waals surface area contributed by atoms with Crippen molar-refractivity contribution in [1.29, 1.82) is 0 Å². The third-order valence-corrected chi connectivity index (χ3v) is 6.16. The van der Waals surface area contributed by atoms with Crippen LogP contribution in [0.5, 0.6) is 5.75 Å². The number of carbonyl (C=O) groups excluding carboxylic acids is 1. The van der Waals surface area contributed by atoms with Crippen LogP contribution in [0.2, 0.25) is 0 Å². The van der Waals surface area contributed by atoms with Gasteiger partial charge < -0.3 is 19.9 Å². The third-order valence-electron chi connectivity index (χ3n) is 6.16. The van der Waals surface area contributed by atoms with Crippen molar-refractivity contribution >= 4 is 12.1 Å². The summed E-state index contributed by atoms with van der Waals surface area (Å²) in [5.41, 5.74) is 0.797. The minimum Gasteiger partial charge on any atom is -0.488 e. The van der Waals surface area contributed by atoms with Crippen molar-refractivity contribution in [2.24, 2.45) is 7.05 Å². The van der Waals surface area contributed by atoms with Gasteiger partial charge >= 0.3 is 12.1 Å². The normalized spacial score (nSPS) is 19.5. The lowest BCUT2D eigenvalue weighted by molar-refractivity contribution is -0.155. The molecule has 1 unspecified atom stereocenters. The number of pyridine rings is 1. The molecule has 1 amide bonds. The molecular formula is C25H28FN5O5. The first-order chi connectivity index (χ1) is 17.2. The van der Waals surface area contributed by atoms with Gasteiger partial charge in [-0.2, -0.15) is 0 Å². The van der Waals surface area contributed by atoms with E-state index in [4.69, 9.17) is 9.47 Å². The lowest BCUT2D eigenvalue weighted by atomic mass is 9.84. The van der Waals surface area contributed by atoms with E-state index in [1.165, 1.54) is 0 Å². The quantitative estimate of drug-likeness (QED) is 0.482. The number of alkyl halides is 1. The van der Waals surface area contributed by atoms with Gasteiger partial charge in [-0.15, -0.1) is 5.10 Å². The Hall–Kier alpha value is -4.02. The molecule has 3 aromatic rings. The molecule has 0 aliphatic heterocycles. The molecule has 2 atom stereocenters. The molecule has 36 heavy (non-hydrogen) atoms. The van der Waals surface area contributed by atoms with E-state index >= 15 is 0 Å². The maximum absolute atomic E-state index is 14.6. The molecule has 2 N–H and O–H groups in total. The van der Waals surface area contributed by atoms with E-state index in [1.807, 2.05) is 30.3 Å². The van der Waals surface area contributed by atoms with Gasteiger partial charge in [-0.1, -0.05) is 35.5 Å². The monoisotopic (exact) mass is 497 g/mol. The Balaban J connectivity index is 1.40. The Morgan fingerprint density at radius 2 is 2.03 bits per heavy atom. The van der Waals surface area contributed by atoms with Crippen LogP contribution in [-0.4, -0.2) is 48.9 Å². The highest BCUT2D eigenvalue weighted by Gasteiger charge is 2.44. The number of nitrogens with one attached hydrogen (secondary N) is 1. The molecular weight excluding hydrogens is 469 g/mol. The Morgan fingerprint density at radius 1 is 1.25 bits per heavy atom. The summed E-state index contributed by atoms with van der Waals surface area (Å²) in [4.78, 5) is 28.0. The molecule has 4 rings (SSSR count). The van der Waals surface area contributed by atoms with Gasteiger partial charge in [0.25, 0.3) is 0 Å². The molecule has 1 fully saturated rings. The highest BCUT2D eigenvalue weighted by molar-refractivity contribution is 5.77. The number of carboxylic acids is 1. The molecule has 0 spiro atoms. The maximum atomic E-state index is 14.6. The smallest absolute Gasteiger partial charge is 0.407 e. The van der Waals surface area contributed by atoms with E-state index < -0.39 is 23.8 Å². The predicted molar refractivity (Wildman–Crippen MR) is 127 cm³/mol. The van der Waals surface area contributed by atoms with E-state index in [9.17, 15) is 19.1 Å². The second kappa shape index (κ2) is 10.7. The fraction of sp³-hybridized carbons (Fsp3) is 0.400. The van der Waals surface area contributed by atoms with Crippen LogP contribution in [0.15, 0.2) is 42.5 Å². The van der Waals surface area contributed by atoms with E-state index in [2.05, 4.69) is 20.6 Å². The molecule has 0 radical (unpaired) electrons. The molecule has 11 heteroatoms. The topological polar surface area (TPSA) is 128 Å². The van der Waals surface area contributed by atoms with E-state index in [0.29, 0.717) is 41.4 Å². The summed E-state index contributed by atoms with van der Waals surface area (Å²) < 4.78 is 27.3. The number of carboxylic acid groups (broad SMARTS) is 1. The number of amides is 1. The van der Waals surface area contributed by atoms with Gasteiger partial charge in [-0.25, -0.2) is 23.6 Å². The fourth-order valence-corrected chi connectivity index (χ4v) is 4.16. The number of hydrogen-bond donors (Lipinski definition) is 2. The molecule has 1 saturated carbocycles. The summed E-state index contributed by atoms with van der Waals surface area (Å²) in [5.74, 6) is -1.000. The van der Waals surface area contributed by atoms with Crippen LogP contribution in [0, 0.1) is 6.92 Å². The second-order valence-electron chi connectivity index (χ2n) is 8.81. The SMILES string of the molecule is Cc1nc(-c2nnn(C)c2CNC(=O)OCc2ccccc2)ccc1OC1CCC[C@](F)(C(=O)O)C1. The van der Waals surface area contributed by atoms with Gasteiger partial charge in [-0.05, 0) is 43.9 Å². The zero-order valence-electron chi connectivity index (χ0n) is 20.1. The number of rotatable bonds is 8. The van der Waals surface area contributed by atoms with Gasteiger partial charge in [0.05, 0.1) is 23.6 Å². The van der Waals surface area contributed by atoms with Crippen LogP contribution in [0.25, 0.3) is 11.4 Å². The second-order valence-corrected chi connectivity index (χ2v) is 8.81. The van der Waals surface area contributed by atoms with E-state index in [-0.39, 0.29) is 26.0 Å². The summed E-state index contributed by atoms with van der Waals surface area (Å²) >= 11 is 0. The lowest BCUT2D eigenvalue weighted by Crippen LogP contribution is -2.42. The number of alkyl carbamates (subject to hydrolysis) is 1. The van der Waals surface area contributed by atoms with Gasteiger partial charge in [0.2, 0.25) is 5.67 Å². The highest BCUT2D eigenvalue weighted by atomic mass is 19.1. The minimum atomic E-state index is -2.27. The van der Waals surface area contributed by atoms with Crippen molar-refractivity contribution < 1.29 is 28.6 Å². The van der Waals surface area contributed by atoms with Gasteiger partial charge in [0, 0.05) is 13.5 Å². The first kappa shape index (κ1) is 25.1. The number of aromatic nitrogens is 4. The zero-order chi connectivity index (χ0) is 25.7. The summed E-state index contributed by atoms with van der Waals surface area (Å²) in [7, 11) is 1.71. The number of aliphatic carboxylic acids is 1. The average molecular weight is 498 g/mol. The van der Waals surface area contributed by atoms with Crippen LogP contribution >= 0.6 is 0 Å². The first-order valence-electron chi connectivity index (χ1n) is 11.7. The van der Waals surface area contributed by atoms with Gasteiger partial charge in [0.1, 0.15) is 24.2 Å². The molecule has 2 heterocycles. The number of carbonyl (C=O) groups is 2. The van der Waals surface area contributed by atoms with Crippen molar-refractivity contribution in [2.75, 3.05) is 0 Å². The summed E-state index contributed by atoms with van der Waals surface area (Å²) in [6.07, 6.45) is -0.339. The fourth-order valence-electron chi connectivity index (χ4n) is 4.16. The molecule has 0 bridgehead atoms. The molecule has 0 saturated heterocycles. The van der Waals surface area contributed by atoms with E-state index in [1.54, 1.807) is 30.8 Å². The summed E-state index contributed by atoms with van der Waals surface area (Å²) in [5, 5.41) is 20.1. The Morgan fingerprint density at radius 3 is 2.75 bits per heavy atom. The van der Waals surface area contributed by atoms with Crippen LogP contribution in [0.4, 0.5) is 9.18 Å². The van der Waals surface area contributed by atoms with Crippen molar-refractivity contribution in [3.05, 3.63) is 59.4 Å². The largest absolute Gasteiger partial charge is 0.488 e. The van der Waals surface area contributed by atoms with Gasteiger partial charge in [0.15, 0.2) is 0 Å². The number of aryl methyl sites for hydroxylation is 2. The van der Waals surface area contributed by atoms with Crippen molar-refractivity contribution in [1.82, 2.24) is 25.3 Å². The number of halogens is 1. The van der Waals surface area contributed by atoms with E-state index in [0.717, 1.165) is 5.56 Å². The summed E-state index contributed by atoms with van der Waals surface area (Å²) in [6, 6.07) is 12.8. The Bertz CT molecular complexity index is 1230. The number of nitrogens with zero attached hydrogens (tertiary/aromatic N) is 4. The Labute approximate surface area is 207 Å². The maximum Gasteiger partial charge on any atom is 0.407 e. The summed E-state index contributed by atoms with van der Waals surface area (Å²) in [6.45, 7) is 2.03. The number of ether oxygens (including phenoxy) is 2. The standard InChI is InChI=1S/C25H28FN5O5/c1-16-21(36-18-9-6-12-25(26,13-18)23(32)33)11-10-19(28-16)22-20(31(2)30-29-22)14-27-24(34)35-15-17-7-4-3-5-8-17/h3-5,7-8,10-11,18H,6,9,12-15H2,1-2H3,(H,27,34)(H,32,33)/t18?,25-/m1/s1. The first-order valence-corrected chi connectivity index (χ1v) is 11.7. The molecule has 10 nitrogen and oxygen atoms in total. The van der Waals surface area contributed by atoms with Crippen molar-refractivity contribution in [2.45, 2.75) is 57.5 Å². The molecule has 1 aliphatic carbocycles. The molecule has 190 valence electrons. The predicted octanol–water partition coefficient (Wildman–Crippen LogP) is 3.73.